The van der Waals surface area contributed by atoms with Gasteiger partial charge in [-0.25, -0.2) is 0 Å². The molecule has 2 amide bonds. The van der Waals surface area contributed by atoms with Crippen LogP contribution in [0.25, 0.3) is 0 Å². The van der Waals surface area contributed by atoms with Crippen molar-refractivity contribution < 1.29 is 14.3 Å². The quantitative estimate of drug-likeness (QED) is 0.545. The van der Waals surface area contributed by atoms with Gasteiger partial charge in [0, 0.05) is 22.6 Å². The Labute approximate surface area is 194 Å². The van der Waals surface area contributed by atoms with Crippen LogP contribution in [-0.4, -0.2) is 35.4 Å². The average Bonchev–Trinajstić information content (AvgIpc) is 2.73. The lowest BCUT2D eigenvalue weighted by Crippen LogP contribution is -2.50. The number of benzene rings is 2. The van der Waals surface area contributed by atoms with Crippen molar-refractivity contribution in [2.24, 2.45) is 0 Å². The molecule has 0 aliphatic rings. The van der Waals surface area contributed by atoms with E-state index >= 15 is 0 Å². The van der Waals surface area contributed by atoms with Crippen molar-refractivity contribution in [3.05, 3.63) is 63.1 Å². The largest absolute Gasteiger partial charge is 0.483 e. The molecular formula is C24H30Cl2N2O3. The summed E-state index contributed by atoms with van der Waals surface area (Å²) in [6.07, 6.45) is 0.797. The molecule has 0 saturated carbocycles. The minimum atomic E-state index is -0.699. The molecule has 0 fully saturated rings. The standard InChI is InChI=1S/C24H30Cl2N2O3/c1-6-17(4)27-24(30)18(5)28(13-19-9-10-20(25)12-21(19)26)23(29)14-31-22-11-15(2)7-8-16(22)3/h7-12,17-18H,6,13-14H2,1-5H3,(H,27,30)/t17-,18+/m0/s1. The molecule has 0 radical (unpaired) electrons. The van der Waals surface area contributed by atoms with Crippen LogP contribution in [-0.2, 0) is 16.1 Å². The van der Waals surface area contributed by atoms with Gasteiger partial charge in [-0.1, -0.05) is 48.3 Å². The molecule has 1 N–H and O–H groups in total. The van der Waals surface area contributed by atoms with Gasteiger partial charge in [0.25, 0.3) is 5.91 Å². The molecule has 0 saturated heterocycles. The maximum Gasteiger partial charge on any atom is 0.261 e. The van der Waals surface area contributed by atoms with Gasteiger partial charge in [0.15, 0.2) is 6.61 Å². The predicted octanol–water partition coefficient (Wildman–Crippen LogP) is 5.32. The highest BCUT2D eigenvalue weighted by Gasteiger charge is 2.27. The van der Waals surface area contributed by atoms with Crippen molar-refractivity contribution in [1.82, 2.24) is 10.2 Å². The Hall–Kier alpha value is -2.24. The highest BCUT2D eigenvalue weighted by Crippen LogP contribution is 2.24. The summed E-state index contributed by atoms with van der Waals surface area (Å²) in [4.78, 5) is 27.4. The van der Waals surface area contributed by atoms with Gasteiger partial charge in [0.1, 0.15) is 11.8 Å². The van der Waals surface area contributed by atoms with E-state index in [4.69, 9.17) is 27.9 Å². The number of hydrogen-bond acceptors (Lipinski definition) is 3. The topological polar surface area (TPSA) is 58.6 Å². The Morgan fingerprint density at radius 1 is 1.10 bits per heavy atom. The number of nitrogens with one attached hydrogen (secondary N) is 1. The highest BCUT2D eigenvalue weighted by atomic mass is 35.5. The summed E-state index contributed by atoms with van der Waals surface area (Å²) in [5, 5.41) is 3.88. The first-order valence-electron chi connectivity index (χ1n) is 10.4. The van der Waals surface area contributed by atoms with E-state index in [1.165, 1.54) is 4.90 Å². The zero-order valence-electron chi connectivity index (χ0n) is 18.7. The Morgan fingerprint density at radius 3 is 2.45 bits per heavy atom. The molecule has 0 unspecified atom stereocenters. The summed E-state index contributed by atoms with van der Waals surface area (Å²) in [5.41, 5.74) is 2.68. The molecule has 0 aliphatic carbocycles. The van der Waals surface area contributed by atoms with E-state index in [9.17, 15) is 9.59 Å². The lowest BCUT2D eigenvalue weighted by atomic mass is 10.1. The normalized spacial score (nSPS) is 12.7. The number of amides is 2. The van der Waals surface area contributed by atoms with E-state index in [1.54, 1.807) is 25.1 Å². The van der Waals surface area contributed by atoms with Crippen LogP contribution < -0.4 is 10.1 Å². The molecule has 168 valence electrons. The Balaban J connectivity index is 2.23. The van der Waals surface area contributed by atoms with E-state index in [0.717, 1.165) is 17.5 Å². The van der Waals surface area contributed by atoms with Crippen molar-refractivity contribution in [1.29, 1.82) is 0 Å². The minimum absolute atomic E-state index is 0.0113. The number of rotatable bonds is 9. The van der Waals surface area contributed by atoms with Gasteiger partial charge in [-0.3, -0.25) is 9.59 Å². The molecule has 2 atom stereocenters. The van der Waals surface area contributed by atoms with Crippen LogP contribution in [0, 0.1) is 13.8 Å². The van der Waals surface area contributed by atoms with Crippen molar-refractivity contribution in [3.63, 3.8) is 0 Å². The van der Waals surface area contributed by atoms with Crippen molar-refractivity contribution in [2.45, 2.75) is 59.7 Å². The molecule has 5 nitrogen and oxygen atoms in total. The Bertz CT molecular complexity index is 933. The average molecular weight is 465 g/mol. The van der Waals surface area contributed by atoms with Crippen LogP contribution >= 0.6 is 23.2 Å². The van der Waals surface area contributed by atoms with E-state index in [2.05, 4.69) is 5.32 Å². The summed E-state index contributed by atoms with van der Waals surface area (Å²) < 4.78 is 5.80. The first-order valence-corrected chi connectivity index (χ1v) is 11.1. The van der Waals surface area contributed by atoms with E-state index < -0.39 is 6.04 Å². The molecular weight excluding hydrogens is 435 g/mol. The first kappa shape index (κ1) is 25.0. The predicted molar refractivity (Wildman–Crippen MR) is 126 cm³/mol. The second-order valence-electron chi connectivity index (χ2n) is 7.81. The molecule has 0 aliphatic heterocycles. The summed E-state index contributed by atoms with van der Waals surface area (Å²) in [5.74, 6) is 0.118. The zero-order chi connectivity index (χ0) is 23.1. The lowest BCUT2D eigenvalue weighted by Gasteiger charge is -2.30. The SMILES string of the molecule is CC[C@H](C)NC(=O)[C@@H](C)N(Cc1ccc(Cl)cc1Cl)C(=O)COc1cc(C)ccc1C. The van der Waals surface area contributed by atoms with Gasteiger partial charge < -0.3 is 15.0 Å². The van der Waals surface area contributed by atoms with Gasteiger partial charge in [-0.05, 0) is 69.0 Å². The van der Waals surface area contributed by atoms with Gasteiger partial charge in [0.2, 0.25) is 5.91 Å². The van der Waals surface area contributed by atoms with Crippen LogP contribution in [0.2, 0.25) is 10.0 Å². The summed E-state index contributed by atoms with van der Waals surface area (Å²) >= 11 is 12.3. The third-order valence-electron chi connectivity index (χ3n) is 5.22. The van der Waals surface area contributed by atoms with Crippen LogP contribution in [0.4, 0.5) is 0 Å². The number of halogens is 2. The fourth-order valence-electron chi connectivity index (χ4n) is 2.97. The van der Waals surface area contributed by atoms with Crippen LogP contribution in [0.15, 0.2) is 36.4 Å². The number of aryl methyl sites for hydroxylation is 2. The second kappa shape index (κ2) is 11.4. The molecule has 31 heavy (non-hydrogen) atoms. The van der Waals surface area contributed by atoms with E-state index in [0.29, 0.717) is 21.4 Å². The minimum Gasteiger partial charge on any atom is -0.483 e. The molecule has 2 aromatic carbocycles. The van der Waals surface area contributed by atoms with Gasteiger partial charge in [-0.2, -0.15) is 0 Å². The number of nitrogens with zero attached hydrogens (tertiary/aromatic N) is 1. The monoisotopic (exact) mass is 464 g/mol. The third kappa shape index (κ3) is 7.15. The first-order chi connectivity index (χ1) is 14.6. The van der Waals surface area contributed by atoms with Crippen LogP contribution in [0.3, 0.4) is 0 Å². The number of carbonyl (C=O) groups excluding carboxylic acids is 2. The number of ether oxygens (including phenoxy) is 1. The second-order valence-corrected chi connectivity index (χ2v) is 8.65. The smallest absolute Gasteiger partial charge is 0.261 e. The molecule has 0 bridgehead atoms. The van der Waals surface area contributed by atoms with Crippen LogP contribution in [0.1, 0.15) is 43.9 Å². The van der Waals surface area contributed by atoms with Gasteiger partial charge in [0.05, 0.1) is 0 Å². The fraction of sp³-hybridized carbons (Fsp3) is 0.417. The van der Waals surface area contributed by atoms with E-state index in [-0.39, 0.29) is 31.0 Å². The maximum atomic E-state index is 13.1. The fourth-order valence-corrected chi connectivity index (χ4v) is 3.44. The molecule has 0 heterocycles. The van der Waals surface area contributed by atoms with E-state index in [1.807, 2.05) is 45.9 Å². The highest BCUT2D eigenvalue weighted by molar-refractivity contribution is 6.35. The lowest BCUT2D eigenvalue weighted by molar-refractivity contribution is -0.142. The number of hydrogen-bond donors (Lipinski definition) is 1. The summed E-state index contributed by atoms with van der Waals surface area (Å²) in [7, 11) is 0. The summed E-state index contributed by atoms with van der Waals surface area (Å²) in [6, 6.07) is 10.2. The number of carbonyl (C=O) groups is 2. The van der Waals surface area contributed by atoms with Crippen molar-refractivity contribution >= 4 is 35.0 Å². The molecule has 0 aromatic heterocycles. The molecule has 2 rings (SSSR count). The molecule has 2 aromatic rings. The Morgan fingerprint density at radius 2 is 1.81 bits per heavy atom. The molecule has 0 spiro atoms. The third-order valence-corrected chi connectivity index (χ3v) is 5.81. The maximum absolute atomic E-state index is 13.1. The van der Waals surface area contributed by atoms with Crippen LogP contribution in [0.5, 0.6) is 5.75 Å². The van der Waals surface area contributed by atoms with Crippen molar-refractivity contribution in [3.8, 4) is 5.75 Å². The van der Waals surface area contributed by atoms with Gasteiger partial charge >= 0.3 is 0 Å². The summed E-state index contributed by atoms with van der Waals surface area (Å²) in [6.45, 7) is 9.49. The zero-order valence-corrected chi connectivity index (χ0v) is 20.2. The molecule has 7 heteroatoms. The Kier molecular flexibility index (Phi) is 9.20. The van der Waals surface area contributed by atoms with Crippen molar-refractivity contribution in [2.75, 3.05) is 6.61 Å². The van der Waals surface area contributed by atoms with Gasteiger partial charge in [-0.15, -0.1) is 0 Å².